The number of thiazole rings is 1. The third kappa shape index (κ3) is 4.74. The molecule has 1 aromatic carbocycles. The van der Waals surface area contributed by atoms with Gasteiger partial charge in [0.15, 0.2) is 0 Å². The Labute approximate surface area is 185 Å². The number of carbonyl (C=O) groups is 2. The first-order valence-electron chi connectivity index (χ1n) is 10.2. The molecule has 0 aliphatic carbocycles. The topological polar surface area (TPSA) is 84.4 Å². The molecule has 1 saturated heterocycles. The van der Waals surface area contributed by atoms with E-state index >= 15 is 0 Å². The SMILES string of the molecule is COc1ccc(NC(=O)C2CCCN(C(=O)c3sc(-c4cccnc4)nc3C)C2)cc1. The minimum absolute atomic E-state index is 0.0629. The number of nitrogens with zero attached hydrogens (tertiary/aromatic N) is 3. The largest absolute Gasteiger partial charge is 0.497 e. The number of carbonyl (C=O) groups excluding carboxylic acids is 2. The Bertz CT molecular complexity index is 1070. The van der Waals surface area contributed by atoms with Gasteiger partial charge in [0, 0.05) is 36.7 Å². The molecular weight excluding hydrogens is 412 g/mol. The summed E-state index contributed by atoms with van der Waals surface area (Å²) in [6.07, 6.45) is 5.00. The van der Waals surface area contributed by atoms with Crippen LogP contribution in [0.4, 0.5) is 5.69 Å². The molecule has 160 valence electrons. The maximum absolute atomic E-state index is 13.2. The lowest BCUT2D eigenvalue weighted by molar-refractivity contribution is -0.121. The van der Waals surface area contributed by atoms with Gasteiger partial charge in [-0.15, -0.1) is 11.3 Å². The number of piperidine rings is 1. The van der Waals surface area contributed by atoms with Crippen LogP contribution < -0.4 is 10.1 Å². The van der Waals surface area contributed by atoms with Crippen LogP contribution in [0.5, 0.6) is 5.75 Å². The van der Waals surface area contributed by atoms with E-state index in [4.69, 9.17) is 4.74 Å². The molecule has 4 rings (SSSR count). The van der Waals surface area contributed by atoms with Crippen LogP contribution in [0.2, 0.25) is 0 Å². The molecule has 1 aliphatic heterocycles. The highest BCUT2D eigenvalue weighted by Crippen LogP contribution is 2.30. The average molecular weight is 437 g/mol. The molecule has 3 aromatic rings. The van der Waals surface area contributed by atoms with Gasteiger partial charge in [-0.3, -0.25) is 14.6 Å². The summed E-state index contributed by atoms with van der Waals surface area (Å²) in [5.74, 6) is 0.357. The van der Waals surface area contributed by atoms with Gasteiger partial charge in [0.2, 0.25) is 5.91 Å². The number of rotatable bonds is 5. The van der Waals surface area contributed by atoms with Crippen LogP contribution in [0.1, 0.15) is 28.2 Å². The van der Waals surface area contributed by atoms with Gasteiger partial charge in [0.25, 0.3) is 5.91 Å². The molecule has 1 atom stereocenters. The molecule has 0 saturated carbocycles. The molecule has 0 radical (unpaired) electrons. The fourth-order valence-electron chi connectivity index (χ4n) is 3.65. The van der Waals surface area contributed by atoms with E-state index in [2.05, 4.69) is 15.3 Å². The Morgan fingerprint density at radius 2 is 2.03 bits per heavy atom. The van der Waals surface area contributed by atoms with E-state index in [-0.39, 0.29) is 17.7 Å². The van der Waals surface area contributed by atoms with Gasteiger partial charge in [-0.2, -0.15) is 0 Å². The summed E-state index contributed by atoms with van der Waals surface area (Å²) in [5, 5.41) is 3.73. The zero-order chi connectivity index (χ0) is 21.8. The fourth-order valence-corrected chi connectivity index (χ4v) is 4.67. The van der Waals surface area contributed by atoms with Crippen LogP contribution in [0.3, 0.4) is 0 Å². The van der Waals surface area contributed by atoms with Crippen molar-refractivity contribution in [3.05, 3.63) is 59.4 Å². The Hall–Kier alpha value is -3.26. The maximum Gasteiger partial charge on any atom is 0.265 e. The second-order valence-corrected chi connectivity index (χ2v) is 8.48. The summed E-state index contributed by atoms with van der Waals surface area (Å²) in [6.45, 7) is 2.90. The highest BCUT2D eigenvalue weighted by Gasteiger charge is 2.30. The molecule has 0 bridgehead atoms. The quantitative estimate of drug-likeness (QED) is 0.653. The lowest BCUT2D eigenvalue weighted by Crippen LogP contribution is -2.43. The van der Waals surface area contributed by atoms with Crippen molar-refractivity contribution < 1.29 is 14.3 Å². The van der Waals surface area contributed by atoms with Gasteiger partial charge in [0.05, 0.1) is 18.7 Å². The number of aryl methyl sites for hydroxylation is 1. The molecule has 3 heterocycles. The van der Waals surface area contributed by atoms with Crippen LogP contribution >= 0.6 is 11.3 Å². The summed E-state index contributed by atoms with van der Waals surface area (Å²) in [4.78, 5) is 37.1. The van der Waals surface area contributed by atoms with Crippen LogP contribution in [-0.2, 0) is 4.79 Å². The first-order valence-corrected chi connectivity index (χ1v) is 11.0. The highest BCUT2D eigenvalue weighted by molar-refractivity contribution is 7.17. The van der Waals surface area contributed by atoms with Gasteiger partial charge < -0.3 is 15.0 Å². The molecule has 1 unspecified atom stereocenters. The van der Waals surface area contributed by atoms with E-state index in [1.165, 1.54) is 11.3 Å². The van der Waals surface area contributed by atoms with Crippen molar-refractivity contribution in [3.63, 3.8) is 0 Å². The Balaban J connectivity index is 1.44. The third-order valence-electron chi connectivity index (χ3n) is 5.34. The number of benzene rings is 1. The molecule has 1 fully saturated rings. The van der Waals surface area contributed by atoms with E-state index in [1.54, 1.807) is 36.5 Å². The van der Waals surface area contributed by atoms with Crippen LogP contribution in [-0.4, -0.2) is 46.9 Å². The zero-order valence-electron chi connectivity index (χ0n) is 17.5. The van der Waals surface area contributed by atoms with Gasteiger partial charge >= 0.3 is 0 Å². The molecule has 1 N–H and O–H groups in total. The molecule has 31 heavy (non-hydrogen) atoms. The molecule has 2 amide bonds. The summed E-state index contributed by atoms with van der Waals surface area (Å²) >= 11 is 1.38. The summed E-state index contributed by atoms with van der Waals surface area (Å²) in [5.41, 5.74) is 2.32. The van der Waals surface area contributed by atoms with E-state index in [0.29, 0.717) is 29.3 Å². The fraction of sp³-hybridized carbons (Fsp3) is 0.304. The van der Waals surface area contributed by atoms with Gasteiger partial charge in [0.1, 0.15) is 15.6 Å². The van der Waals surface area contributed by atoms with E-state index in [9.17, 15) is 9.59 Å². The molecule has 0 spiro atoms. The zero-order valence-corrected chi connectivity index (χ0v) is 18.3. The molecule has 2 aromatic heterocycles. The normalized spacial score (nSPS) is 16.1. The Morgan fingerprint density at radius 3 is 2.74 bits per heavy atom. The number of likely N-dealkylation sites (tertiary alicyclic amines) is 1. The van der Waals surface area contributed by atoms with Crippen molar-refractivity contribution in [2.45, 2.75) is 19.8 Å². The molecular formula is C23H24N4O3S. The lowest BCUT2D eigenvalue weighted by atomic mass is 9.96. The second kappa shape index (κ2) is 9.26. The first kappa shape index (κ1) is 21.0. The Kier molecular flexibility index (Phi) is 6.27. The number of hydrogen-bond donors (Lipinski definition) is 1. The van der Waals surface area contributed by atoms with Crippen molar-refractivity contribution in [2.24, 2.45) is 5.92 Å². The number of nitrogens with one attached hydrogen (secondary N) is 1. The Morgan fingerprint density at radius 1 is 1.23 bits per heavy atom. The van der Waals surface area contributed by atoms with Crippen molar-refractivity contribution in [3.8, 4) is 16.3 Å². The van der Waals surface area contributed by atoms with Crippen molar-refractivity contribution in [1.29, 1.82) is 0 Å². The number of amides is 2. The van der Waals surface area contributed by atoms with Crippen LogP contribution in [0.25, 0.3) is 10.6 Å². The standard InChI is InChI=1S/C23H24N4O3S/c1-15-20(31-22(25-15)16-5-3-11-24-13-16)23(29)27-12-4-6-17(14-27)21(28)26-18-7-9-19(30-2)10-8-18/h3,5,7-11,13,17H,4,6,12,14H2,1-2H3,(H,26,28). The lowest BCUT2D eigenvalue weighted by Gasteiger charge is -2.31. The summed E-state index contributed by atoms with van der Waals surface area (Å²) < 4.78 is 5.15. The molecule has 7 nitrogen and oxygen atoms in total. The van der Waals surface area contributed by atoms with Gasteiger partial charge in [-0.1, -0.05) is 0 Å². The molecule has 8 heteroatoms. The number of pyridine rings is 1. The number of ether oxygens (including phenoxy) is 1. The molecule has 1 aliphatic rings. The first-order chi connectivity index (χ1) is 15.0. The van der Waals surface area contributed by atoms with Gasteiger partial charge in [-0.05, 0) is 56.2 Å². The van der Waals surface area contributed by atoms with Gasteiger partial charge in [-0.25, -0.2) is 4.98 Å². The van der Waals surface area contributed by atoms with Crippen molar-refractivity contribution >= 4 is 28.8 Å². The highest BCUT2D eigenvalue weighted by atomic mass is 32.1. The minimum atomic E-state index is -0.245. The van der Waals surface area contributed by atoms with E-state index in [0.717, 1.165) is 29.2 Å². The predicted octanol–water partition coefficient (Wildman–Crippen LogP) is 4.01. The van der Waals surface area contributed by atoms with Crippen LogP contribution in [0.15, 0.2) is 48.8 Å². The van der Waals surface area contributed by atoms with Crippen molar-refractivity contribution in [1.82, 2.24) is 14.9 Å². The number of aromatic nitrogens is 2. The van der Waals surface area contributed by atoms with E-state index in [1.807, 2.05) is 31.2 Å². The summed E-state index contributed by atoms with van der Waals surface area (Å²) in [7, 11) is 1.60. The third-order valence-corrected chi connectivity index (χ3v) is 6.53. The second-order valence-electron chi connectivity index (χ2n) is 7.48. The minimum Gasteiger partial charge on any atom is -0.497 e. The van der Waals surface area contributed by atoms with Crippen LogP contribution in [0, 0.1) is 12.8 Å². The van der Waals surface area contributed by atoms with Crippen molar-refractivity contribution in [2.75, 3.05) is 25.5 Å². The number of anilines is 1. The monoisotopic (exact) mass is 436 g/mol. The summed E-state index contributed by atoms with van der Waals surface area (Å²) in [6, 6.07) is 11.0. The smallest absolute Gasteiger partial charge is 0.265 e. The number of methoxy groups -OCH3 is 1. The maximum atomic E-state index is 13.2. The number of hydrogen-bond acceptors (Lipinski definition) is 6. The van der Waals surface area contributed by atoms with E-state index < -0.39 is 0 Å². The average Bonchev–Trinajstić information content (AvgIpc) is 3.21. The predicted molar refractivity (Wildman–Crippen MR) is 120 cm³/mol.